The first-order valence-corrected chi connectivity index (χ1v) is 8.52. The van der Waals surface area contributed by atoms with Gasteiger partial charge in [-0.3, -0.25) is 0 Å². The molecular formula is C19H24N2O4. The van der Waals surface area contributed by atoms with Crippen LogP contribution in [-0.4, -0.2) is 22.6 Å². The Morgan fingerprint density at radius 1 is 0.720 bits per heavy atom. The summed E-state index contributed by atoms with van der Waals surface area (Å²) in [6.07, 6.45) is 3.11. The first-order chi connectivity index (χ1) is 12.3. The lowest BCUT2D eigenvalue weighted by Gasteiger charge is -2.16. The van der Waals surface area contributed by atoms with E-state index in [9.17, 15) is 0 Å². The van der Waals surface area contributed by atoms with Crippen LogP contribution in [0.4, 0.5) is 0 Å². The Labute approximate surface area is 147 Å². The van der Waals surface area contributed by atoms with Crippen LogP contribution in [0.5, 0.6) is 11.5 Å². The van der Waals surface area contributed by atoms with Gasteiger partial charge in [-0.1, -0.05) is 24.3 Å². The van der Waals surface area contributed by atoms with E-state index in [0.29, 0.717) is 13.1 Å². The molecule has 6 nitrogen and oxygen atoms in total. The molecule has 4 N–H and O–H groups in total. The zero-order valence-electron chi connectivity index (χ0n) is 14.0. The predicted octanol–water partition coefficient (Wildman–Crippen LogP) is 3.02. The highest BCUT2D eigenvalue weighted by Gasteiger charge is 2.27. The fourth-order valence-corrected chi connectivity index (χ4v) is 3.05. The fraction of sp³-hybridized carbons (Fsp3) is 0.368. The van der Waals surface area contributed by atoms with Gasteiger partial charge in [-0.05, 0) is 48.2 Å². The normalized spacial score (nSPS) is 19.8. The molecule has 25 heavy (non-hydrogen) atoms. The Kier molecular flexibility index (Phi) is 6.25. The number of nitrogens with one attached hydrogen (secondary N) is 2. The van der Waals surface area contributed by atoms with Gasteiger partial charge < -0.3 is 19.9 Å². The molecule has 2 aromatic rings. The van der Waals surface area contributed by atoms with E-state index in [1.54, 1.807) is 0 Å². The molecule has 0 radical (unpaired) electrons. The maximum Gasteiger partial charge on any atom is 0.119 e. The van der Waals surface area contributed by atoms with Crippen LogP contribution in [0.2, 0.25) is 0 Å². The second-order valence-electron chi connectivity index (χ2n) is 6.25. The third kappa shape index (κ3) is 5.17. The van der Waals surface area contributed by atoms with E-state index in [2.05, 4.69) is 11.0 Å². The van der Waals surface area contributed by atoms with Crippen molar-refractivity contribution >= 4 is 0 Å². The Balaban J connectivity index is 1.48. The van der Waals surface area contributed by atoms with Crippen molar-refractivity contribution in [2.75, 3.05) is 0 Å². The Hall–Kier alpha value is -2.12. The summed E-state index contributed by atoms with van der Waals surface area (Å²) in [6, 6.07) is 15.4. The summed E-state index contributed by atoms with van der Waals surface area (Å²) in [5.41, 5.74) is 6.29. The molecule has 0 saturated heterocycles. The molecule has 0 unspecified atom stereocenters. The minimum atomic E-state index is 0.157. The van der Waals surface area contributed by atoms with Crippen molar-refractivity contribution in [2.45, 2.75) is 44.6 Å². The Morgan fingerprint density at radius 3 is 1.48 bits per heavy atom. The summed E-state index contributed by atoms with van der Waals surface area (Å²) in [6.45, 7) is 0.847. The van der Waals surface area contributed by atoms with Crippen molar-refractivity contribution in [1.82, 2.24) is 11.0 Å². The largest absolute Gasteiger partial charge is 0.490 e. The van der Waals surface area contributed by atoms with E-state index in [1.807, 2.05) is 48.5 Å². The van der Waals surface area contributed by atoms with Crippen molar-refractivity contribution in [2.24, 2.45) is 0 Å². The van der Waals surface area contributed by atoms with Gasteiger partial charge in [0.2, 0.25) is 0 Å². The number of hydroxylamine groups is 2. The highest BCUT2D eigenvalue weighted by Crippen LogP contribution is 2.28. The lowest BCUT2D eigenvalue weighted by molar-refractivity contribution is 0.160. The first-order valence-electron chi connectivity index (χ1n) is 8.52. The van der Waals surface area contributed by atoms with Crippen LogP contribution in [0.25, 0.3) is 0 Å². The average Bonchev–Trinajstić information content (AvgIpc) is 3.06. The van der Waals surface area contributed by atoms with Gasteiger partial charge in [0.15, 0.2) is 0 Å². The van der Waals surface area contributed by atoms with Crippen molar-refractivity contribution in [3.05, 3.63) is 59.7 Å². The average molecular weight is 344 g/mol. The van der Waals surface area contributed by atoms with Gasteiger partial charge in [-0.25, -0.2) is 11.0 Å². The number of rotatable bonds is 8. The van der Waals surface area contributed by atoms with Gasteiger partial charge in [0.05, 0.1) is 0 Å². The highest BCUT2D eigenvalue weighted by atomic mass is 16.5. The topological polar surface area (TPSA) is 83.0 Å². The van der Waals surface area contributed by atoms with Crippen LogP contribution in [-0.2, 0) is 13.1 Å². The molecule has 0 spiro atoms. The molecule has 3 rings (SSSR count). The number of hydrogen-bond donors (Lipinski definition) is 4. The van der Waals surface area contributed by atoms with Crippen LogP contribution in [0.15, 0.2) is 48.5 Å². The van der Waals surface area contributed by atoms with E-state index < -0.39 is 0 Å². The van der Waals surface area contributed by atoms with Gasteiger partial charge in [0.1, 0.15) is 23.7 Å². The van der Waals surface area contributed by atoms with E-state index >= 15 is 0 Å². The zero-order chi connectivity index (χ0) is 17.5. The van der Waals surface area contributed by atoms with Crippen molar-refractivity contribution < 1.29 is 19.9 Å². The van der Waals surface area contributed by atoms with Crippen molar-refractivity contribution in [3.8, 4) is 11.5 Å². The summed E-state index contributed by atoms with van der Waals surface area (Å²) in [7, 11) is 0. The smallest absolute Gasteiger partial charge is 0.119 e. The quantitative estimate of drug-likeness (QED) is 0.551. The molecule has 2 aromatic carbocycles. The molecule has 0 aromatic heterocycles. The van der Waals surface area contributed by atoms with Crippen molar-refractivity contribution in [1.29, 1.82) is 0 Å². The number of ether oxygens (including phenoxy) is 2. The summed E-state index contributed by atoms with van der Waals surface area (Å²) < 4.78 is 12.1. The summed E-state index contributed by atoms with van der Waals surface area (Å²) >= 11 is 0. The number of hydrogen-bond acceptors (Lipinski definition) is 6. The second-order valence-corrected chi connectivity index (χ2v) is 6.25. The van der Waals surface area contributed by atoms with E-state index in [4.69, 9.17) is 19.9 Å². The van der Waals surface area contributed by atoms with Crippen LogP contribution in [0.3, 0.4) is 0 Å². The van der Waals surface area contributed by atoms with Gasteiger partial charge in [0.25, 0.3) is 0 Å². The molecule has 134 valence electrons. The van der Waals surface area contributed by atoms with E-state index in [-0.39, 0.29) is 12.2 Å². The molecule has 6 heteroatoms. The third-order valence-electron chi connectivity index (χ3n) is 4.35. The Bertz CT molecular complexity index is 588. The lowest BCUT2D eigenvalue weighted by Crippen LogP contribution is -2.17. The van der Waals surface area contributed by atoms with Gasteiger partial charge in [0, 0.05) is 19.5 Å². The zero-order valence-corrected chi connectivity index (χ0v) is 14.0. The molecule has 0 bridgehead atoms. The molecule has 1 fully saturated rings. The highest BCUT2D eigenvalue weighted by molar-refractivity contribution is 5.28. The second kappa shape index (κ2) is 8.82. The third-order valence-corrected chi connectivity index (χ3v) is 4.35. The molecular weight excluding hydrogens is 320 g/mol. The van der Waals surface area contributed by atoms with Gasteiger partial charge >= 0.3 is 0 Å². The van der Waals surface area contributed by atoms with E-state index in [0.717, 1.165) is 41.9 Å². The molecule has 0 amide bonds. The maximum absolute atomic E-state index is 8.70. The molecule has 0 aliphatic heterocycles. The SMILES string of the molecule is ONCc1ccc(O[C@@H]2CC[C@@H](Oc3ccc(CNO)cc3)C2)cc1. The van der Waals surface area contributed by atoms with Gasteiger partial charge in [-0.15, -0.1) is 0 Å². The van der Waals surface area contributed by atoms with Gasteiger partial charge in [-0.2, -0.15) is 0 Å². The molecule has 1 saturated carbocycles. The molecule has 1 aliphatic carbocycles. The van der Waals surface area contributed by atoms with Crippen LogP contribution in [0, 0.1) is 0 Å². The van der Waals surface area contributed by atoms with Crippen molar-refractivity contribution in [3.63, 3.8) is 0 Å². The lowest BCUT2D eigenvalue weighted by atomic mass is 10.2. The van der Waals surface area contributed by atoms with Crippen LogP contribution in [0.1, 0.15) is 30.4 Å². The standard InChI is InChI=1S/C19H24N2O4/c22-20-12-14-1-5-16(6-2-14)24-18-9-10-19(11-18)25-17-7-3-15(4-8-17)13-21-23/h1-8,18-23H,9-13H2/t18-,19-/m1/s1. The molecule has 2 atom stereocenters. The van der Waals surface area contributed by atoms with Crippen LogP contribution >= 0.6 is 0 Å². The number of benzene rings is 2. The fourth-order valence-electron chi connectivity index (χ4n) is 3.05. The van der Waals surface area contributed by atoms with E-state index in [1.165, 1.54) is 0 Å². The molecule has 1 aliphatic rings. The summed E-state index contributed by atoms with van der Waals surface area (Å²) in [5, 5.41) is 17.4. The Morgan fingerprint density at radius 2 is 1.12 bits per heavy atom. The minimum Gasteiger partial charge on any atom is -0.490 e. The summed E-state index contributed by atoms with van der Waals surface area (Å²) in [5.74, 6) is 1.68. The predicted molar refractivity (Wildman–Crippen MR) is 92.8 cm³/mol. The summed E-state index contributed by atoms with van der Waals surface area (Å²) in [4.78, 5) is 0. The minimum absolute atomic E-state index is 0.157. The van der Waals surface area contributed by atoms with Crippen LogP contribution < -0.4 is 20.4 Å². The first kappa shape index (κ1) is 17.7. The maximum atomic E-state index is 8.70. The monoisotopic (exact) mass is 344 g/mol. The molecule has 0 heterocycles.